The smallest absolute Gasteiger partial charge is 0.154 e. The van der Waals surface area contributed by atoms with Crippen LogP contribution in [0.1, 0.15) is 44.2 Å². The van der Waals surface area contributed by atoms with Crippen molar-refractivity contribution < 1.29 is 9.47 Å². The zero-order valence-corrected chi connectivity index (χ0v) is 11.4. The zero-order chi connectivity index (χ0) is 12.7. The van der Waals surface area contributed by atoms with Gasteiger partial charge in [-0.15, -0.1) is 0 Å². The van der Waals surface area contributed by atoms with E-state index in [9.17, 15) is 0 Å². The van der Waals surface area contributed by atoms with Crippen LogP contribution in [0.15, 0.2) is 24.3 Å². The van der Waals surface area contributed by atoms with Crippen LogP contribution in [0.4, 0.5) is 0 Å². The van der Waals surface area contributed by atoms with E-state index in [1.165, 1.54) is 11.1 Å². The van der Waals surface area contributed by atoms with Crippen molar-refractivity contribution in [3.8, 4) is 0 Å². The van der Waals surface area contributed by atoms with Crippen molar-refractivity contribution in [3.63, 3.8) is 0 Å². The van der Waals surface area contributed by atoms with Crippen LogP contribution < -0.4 is 0 Å². The van der Waals surface area contributed by atoms with E-state index in [2.05, 4.69) is 38.1 Å². The van der Waals surface area contributed by atoms with Gasteiger partial charge in [-0.05, 0) is 36.8 Å². The van der Waals surface area contributed by atoms with Crippen LogP contribution in [0.5, 0.6) is 0 Å². The van der Waals surface area contributed by atoms with Crippen molar-refractivity contribution in [2.45, 2.75) is 45.8 Å². The highest BCUT2D eigenvalue weighted by Gasteiger charge is 2.00. The summed E-state index contributed by atoms with van der Waals surface area (Å²) in [5.74, 6) is 0.606. The van der Waals surface area contributed by atoms with E-state index in [4.69, 9.17) is 9.47 Å². The SMILES string of the molecule is COC(C)OCCCc1ccc(C(C)C)cc1. The summed E-state index contributed by atoms with van der Waals surface area (Å²) in [6.45, 7) is 7.10. The largest absolute Gasteiger partial charge is 0.356 e. The molecule has 0 aromatic heterocycles. The number of methoxy groups -OCH3 is 1. The second-order valence-corrected chi connectivity index (χ2v) is 4.67. The quantitative estimate of drug-likeness (QED) is 0.530. The number of benzene rings is 1. The molecule has 17 heavy (non-hydrogen) atoms. The molecule has 0 aliphatic rings. The maximum atomic E-state index is 5.45. The van der Waals surface area contributed by atoms with Crippen LogP contribution in [0.2, 0.25) is 0 Å². The fourth-order valence-corrected chi connectivity index (χ4v) is 1.66. The van der Waals surface area contributed by atoms with Crippen molar-refractivity contribution in [1.82, 2.24) is 0 Å². The fraction of sp³-hybridized carbons (Fsp3) is 0.600. The second kappa shape index (κ2) is 7.46. The van der Waals surface area contributed by atoms with Gasteiger partial charge in [0.15, 0.2) is 6.29 Å². The summed E-state index contributed by atoms with van der Waals surface area (Å²) in [5.41, 5.74) is 2.78. The average Bonchev–Trinajstić information content (AvgIpc) is 2.34. The summed E-state index contributed by atoms with van der Waals surface area (Å²) in [7, 11) is 1.66. The highest BCUT2D eigenvalue weighted by atomic mass is 16.7. The lowest BCUT2D eigenvalue weighted by molar-refractivity contribution is -0.111. The number of hydrogen-bond acceptors (Lipinski definition) is 2. The first-order valence-electron chi connectivity index (χ1n) is 6.36. The van der Waals surface area contributed by atoms with Crippen LogP contribution in [0.3, 0.4) is 0 Å². The highest BCUT2D eigenvalue weighted by molar-refractivity contribution is 5.24. The topological polar surface area (TPSA) is 18.5 Å². The fourth-order valence-electron chi connectivity index (χ4n) is 1.66. The Hall–Kier alpha value is -0.860. The Morgan fingerprint density at radius 1 is 1.06 bits per heavy atom. The first kappa shape index (κ1) is 14.2. The van der Waals surface area contributed by atoms with Gasteiger partial charge in [-0.3, -0.25) is 0 Å². The first-order valence-corrected chi connectivity index (χ1v) is 6.36. The normalized spacial score (nSPS) is 13.0. The van der Waals surface area contributed by atoms with E-state index in [-0.39, 0.29) is 6.29 Å². The molecular weight excluding hydrogens is 212 g/mol. The van der Waals surface area contributed by atoms with Crippen molar-refractivity contribution in [1.29, 1.82) is 0 Å². The van der Waals surface area contributed by atoms with Gasteiger partial charge >= 0.3 is 0 Å². The van der Waals surface area contributed by atoms with Gasteiger partial charge in [-0.1, -0.05) is 38.1 Å². The van der Waals surface area contributed by atoms with Crippen molar-refractivity contribution in [2.24, 2.45) is 0 Å². The van der Waals surface area contributed by atoms with Crippen molar-refractivity contribution in [3.05, 3.63) is 35.4 Å². The molecule has 1 rings (SSSR count). The summed E-state index contributed by atoms with van der Waals surface area (Å²) < 4.78 is 10.5. The third-order valence-corrected chi connectivity index (χ3v) is 2.94. The van der Waals surface area contributed by atoms with E-state index < -0.39 is 0 Å². The minimum absolute atomic E-state index is 0.0988. The standard InChI is InChI=1S/C15H24O2/c1-12(2)15-9-7-14(8-10-15)6-5-11-17-13(3)16-4/h7-10,12-13H,5-6,11H2,1-4H3. The lowest BCUT2D eigenvalue weighted by Crippen LogP contribution is -2.11. The third-order valence-electron chi connectivity index (χ3n) is 2.94. The molecule has 0 spiro atoms. The minimum Gasteiger partial charge on any atom is -0.356 e. The molecule has 0 aliphatic carbocycles. The Morgan fingerprint density at radius 3 is 2.24 bits per heavy atom. The summed E-state index contributed by atoms with van der Waals surface area (Å²) >= 11 is 0. The molecule has 1 atom stereocenters. The first-order chi connectivity index (χ1) is 8.13. The van der Waals surface area contributed by atoms with Crippen LogP contribution >= 0.6 is 0 Å². The molecule has 2 nitrogen and oxygen atoms in total. The Balaban J connectivity index is 2.28. The molecule has 1 aromatic carbocycles. The molecule has 0 radical (unpaired) electrons. The molecule has 0 saturated carbocycles. The minimum atomic E-state index is -0.0988. The predicted molar refractivity (Wildman–Crippen MR) is 71.3 cm³/mol. The molecule has 0 heterocycles. The summed E-state index contributed by atoms with van der Waals surface area (Å²) in [5, 5.41) is 0. The Kier molecular flexibility index (Phi) is 6.23. The third kappa shape index (κ3) is 5.33. The summed E-state index contributed by atoms with van der Waals surface area (Å²) in [6, 6.07) is 8.88. The van der Waals surface area contributed by atoms with Crippen LogP contribution in [-0.2, 0) is 15.9 Å². The lowest BCUT2D eigenvalue weighted by atomic mass is 10.0. The summed E-state index contributed by atoms with van der Waals surface area (Å²) in [6.07, 6.45) is 2.00. The molecule has 1 aromatic rings. The number of aryl methyl sites for hydroxylation is 1. The molecule has 1 unspecified atom stereocenters. The van der Waals surface area contributed by atoms with Gasteiger partial charge < -0.3 is 9.47 Å². The van der Waals surface area contributed by atoms with Gasteiger partial charge in [0.25, 0.3) is 0 Å². The van der Waals surface area contributed by atoms with E-state index in [1.54, 1.807) is 7.11 Å². The molecule has 0 aliphatic heterocycles. The van der Waals surface area contributed by atoms with Crippen molar-refractivity contribution >= 4 is 0 Å². The maximum Gasteiger partial charge on any atom is 0.154 e. The monoisotopic (exact) mass is 236 g/mol. The van der Waals surface area contributed by atoms with Crippen molar-refractivity contribution in [2.75, 3.05) is 13.7 Å². The van der Waals surface area contributed by atoms with Crippen LogP contribution in [-0.4, -0.2) is 20.0 Å². The average molecular weight is 236 g/mol. The van der Waals surface area contributed by atoms with Gasteiger partial charge in [0, 0.05) is 7.11 Å². The predicted octanol–water partition coefficient (Wildman–Crippen LogP) is 3.75. The molecular formula is C15H24O2. The molecule has 2 heteroatoms. The van der Waals surface area contributed by atoms with Gasteiger partial charge in [-0.2, -0.15) is 0 Å². The van der Waals surface area contributed by atoms with E-state index >= 15 is 0 Å². The van der Waals surface area contributed by atoms with E-state index in [1.807, 2.05) is 6.92 Å². The van der Waals surface area contributed by atoms with E-state index in [0.717, 1.165) is 19.4 Å². The number of hydrogen-bond donors (Lipinski definition) is 0. The zero-order valence-electron chi connectivity index (χ0n) is 11.4. The summed E-state index contributed by atoms with van der Waals surface area (Å²) in [4.78, 5) is 0. The molecule has 0 amide bonds. The molecule has 0 fully saturated rings. The van der Waals surface area contributed by atoms with Gasteiger partial charge in [0.2, 0.25) is 0 Å². The van der Waals surface area contributed by atoms with Gasteiger partial charge in [0.05, 0.1) is 6.61 Å². The maximum absolute atomic E-state index is 5.45. The van der Waals surface area contributed by atoms with Gasteiger partial charge in [0.1, 0.15) is 0 Å². The highest BCUT2D eigenvalue weighted by Crippen LogP contribution is 2.15. The van der Waals surface area contributed by atoms with Gasteiger partial charge in [-0.25, -0.2) is 0 Å². The van der Waals surface area contributed by atoms with E-state index in [0.29, 0.717) is 5.92 Å². The van der Waals surface area contributed by atoms with Crippen LogP contribution in [0, 0.1) is 0 Å². The Bertz CT molecular complexity index is 303. The Morgan fingerprint density at radius 2 is 1.71 bits per heavy atom. The second-order valence-electron chi connectivity index (χ2n) is 4.67. The molecule has 0 saturated heterocycles. The molecule has 0 bridgehead atoms. The number of ether oxygens (including phenoxy) is 2. The lowest BCUT2D eigenvalue weighted by Gasteiger charge is -2.11. The molecule has 0 N–H and O–H groups in total. The Labute approximate surface area is 105 Å². The number of rotatable bonds is 7. The van der Waals surface area contributed by atoms with Crippen LogP contribution in [0.25, 0.3) is 0 Å². The molecule has 96 valence electrons.